The molecular formula is C11H23NO3Si. The SMILES string of the molecule is CC(C)(C)[Si](C)(C)[C@@]1(C(=O)O)CCCN1O. The summed E-state index contributed by atoms with van der Waals surface area (Å²) in [4.78, 5) is 11.7. The van der Waals surface area contributed by atoms with E-state index in [1.807, 2.05) is 0 Å². The maximum atomic E-state index is 11.7. The minimum absolute atomic E-state index is 0.0588. The van der Waals surface area contributed by atoms with Gasteiger partial charge in [-0.1, -0.05) is 33.9 Å². The van der Waals surface area contributed by atoms with Crippen molar-refractivity contribution in [3.63, 3.8) is 0 Å². The van der Waals surface area contributed by atoms with Crippen molar-refractivity contribution >= 4 is 14.0 Å². The Labute approximate surface area is 98.2 Å². The van der Waals surface area contributed by atoms with Crippen molar-refractivity contribution < 1.29 is 15.1 Å². The smallest absolute Gasteiger partial charge is 0.323 e. The third-order valence-electron chi connectivity index (χ3n) is 4.61. The summed E-state index contributed by atoms with van der Waals surface area (Å²) in [5, 5.41) is 19.6. The van der Waals surface area contributed by atoms with Gasteiger partial charge in [-0.2, -0.15) is 5.06 Å². The molecule has 1 saturated heterocycles. The highest BCUT2D eigenvalue weighted by Gasteiger charge is 2.62. The monoisotopic (exact) mass is 245 g/mol. The van der Waals surface area contributed by atoms with E-state index >= 15 is 0 Å². The van der Waals surface area contributed by atoms with Crippen molar-refractivity contribution in [2.75, 3.05) is 6.54 Å². The summed E-state index contributed by atoms with van der Waals surface area (Å²) in [7, 11) is -2.17. The van der Waals surface area contributed by atoms with E-state index in [0.29, 0.717) is 13.0 Å². The molecule has 1 atom stereocenters. The topological polar surface area (TPSA) is 60.8 Å². The lowest BCUT2D eigenvalue weighted by Gasteiger charge is -2.49. The first-order chi connectivity index (χ1) is 7.07. The number of rotatable bonds is 2. The van der Waals surface area contributed by atoms with Crippen molar-refractivity contribution in [1.29, 1.82) is 0 Å². The number of hydrogen-bond donors (Lipinski definition) is 2. The van der Waals surface area contributed by atoms with E-state index in [2.05, 4.69) is 33.9 Å². The summed E-state index contributed by atoms with van der Waals surface area (Å²) in [5.41, 5.74) is 0. The molecule has 2 N–H and O–H groups in total. The Bertz CT molecular complexity index is 298. The van der Waals surface area contributed by atoms with E-state index in [9.17, 15) is 15.1 Å². The average Bonchev–Trinajstić information content (AvgIpc) is 2.45. The molecule has 1 aliphatic heterocycles. The minimum Gasteiger partial charge on any atom is -0.480 e. The Morgan fingerprint density at radius 3 is 2.12 bits per heavy atom. The standard InChI is InChI=1S/C11H23NO3Si/c1-10(2,3)16(4,5)11(9(13)14)7-6-8-12(11)15/h15H,6-8H2,1-5H3,(H,13,14)/t11-/m1/s1. The van der Waals surface area contributed by atoms with Crippen LogP contribution in [0.2, 0.25) is 18.1 Å². The van der Waals surface area contributed by atoms with Gasteiger partial charge in [0.15, 0.2) is 0 Å². The molecule has 1 aliphatic rings. The number of aliphatic carboxylic acids is 1. The van der Waals surface area contributed by atoms with Crippen LogP contribution in [0.1, 0.15) is 33.6 Å². The fourth-order valence-corrected chi connectivity index (χ4v) is 5.88. The maximum Gasteiger partial charge on any atom is 0.323 e. The molecule has 0 spiro atoms. The normalized spacial score (nSPS) is 28.4. The lowest BCUT2D eigenvalue weighted by Crippen LogP contribution is -2.69. The summed E-state index contributed by atoms with van der Waals surface area (Å²) < 4.78 is 0. The number of carbonyl (C=O) groups is 1. The number of carboxylic acids is 1. The van der Waals surface area contributed by atoms with E-state index in [1.54, 1.807) is 0 Å². The summed E-state index contributed by atoms with van der Waals surface area (Å²) >= 11 is 0. The summed E-state index contributed by atoms with van der Waals surface area (Å²) in [5.74, 6) is -0.862. The van der Waals surface area contributed by atoms with Crippen molar-refractivity contribution in [2.24, 2.45) is 0 Å². The first kappa shape index (κ1) is 13.7. The molecule has 16 heavy (non-hydrogen) atoms. The lowest BCUT2D eigenvalue weighted by atomic mass is 10.2. The van der Waals surface area contributed by atoms with Crippen LogP contribution < -0.4 is 0 Å². The van der Waals surface area contributed by atoms with Gasteiger partial charge in [0.05, 0.1) is 8.07 Å². The molecule has 0 aromatic rings. The van der Waals surface area contributed by atoms with Crippen LogP contribution in [0, 0.1) is 0 Å². The fraction of sp³-hybridized carbons (Fsp3) is 0.909. The number of carboxylic acid groups (broad SMARTS) is 1. The molecule has 0 radical (unpaired) electrons. The molecule has 1 fully saturated rings. The largest absolute Gasteiger partial charge is 0.480 e. The summed E-state index contributed by atoms with van der Waals surface area (Å²) in [6.07, 6.45) is 1.32. The highest BCUT2D eigenvalue weighted by molar-refractivity contribution is 6.86. The second kappa shape index (κ2) is 3.82. The number of hydroxylamine groups is 2. The van der Waals surface area contributed by atoms with Gasteiger partial charge in [-0.25, -0.2) is 0 Å². The zero-order chi connectivity index (χ0) is 12.8. The van der Waals surface area contributed by atoms with Gasteiger partial charge in [0.2, 0.25) is 0 Å². The van der Waals surface area contributed by atoms with Crippen LogP contribution in [0.5, 0.6) is 0 Å². The van der Waals surface area contributed by atoms with E-state index in [4.69, 9.17) is 0 Å². The van der Waals surface area contributed by atoms with Gasteiger partial charge in [-0.05, 0) is 17.9 Å². The quantitative estimate of drug-likeness (QED) is 0.733. The molecule has 1 heterocycles. The predicted molar refractivity (Wildman–Crippen MR) is 65.3 cm³/mol. The van der Waals surface area contributed by atoms with Crippen LogP contribution in [0.25, 0.3) is 0 Å². The number of nitrogens with zero attached hydrogens (tertiary/aromatic N) is 1. The van der Waals surface area contributed by atoms with Gasteiger partial charge >= 0.3 is 5.97 Å². The van der Waals surface area contributed by atoms with Crippen molar-refractivity contribution in [1.82, 2.24) is 5.06 Å². The van der Waals surface area contributed by atoms with Crippen LogP contribution in [0.4, 0.5) is 0 Å². The highest BCUT2D eigenvalue weighted by atomic mass is 28.3. The average molecular weight is 245 g/mol. The first-order valence-electron chi connectivity index (χ1n) is 5.77. The third-order valence-corrected chi connectivity index (χ3v) is 11.2. The summed E-state index contributed by atoms with van der Waals surface area (Å²) in [6.45, 7) is 10.8. The summed E-state index contributed by atoms with van der Waals surface area (Å²) in [6, 6.07) is 0. The second-order valence-corrected chi connectivity index (χ2v) is 11.8. The third kappa shape index (κ3) is 1.61. The predicted octanol–water partition coefficient (Wildman–Crippen LogP) is 2.34. The van der Waals surface area contributed by atoms with E-state index in [1.165, 1.54) is 0 Å². The number of hydrogen-bond acceptors (Lipinski definition) is 3. The van der Waals surface area contributed by atoms with Crippen molar-refractivity contribution in [3.05, 3.63) is 0 Å². The van der Waals surface area contributed by atoms with E-state index < -0.39 is 19.2 Å². The molecule has 0 amide bonds. The molecule has 1 rings (SSSR count). The molecule has 94 valence electrons. The molecule has 0 bridgehead atoms. The molecule has 0 aromatic heterocycles. The van der Waals surface area contributed by atoms with Crippen LogP contribution in [0.15, 0.2) is 0 Å². The second-order valence-electron chi connectivity index (χ2n) is 6.27. The Hall–Kier alpha value is -0.393. The Kier molecular flexibility index (Phi) is 3.26. The van der Waals surface area contributed by atoms with Crippen LogP contribution >= 0.6 is 0 Å². The molecule has 0 aliphatic carbocycles. The van der Waals surface area contributed by atoms with Gasteiger partial charge in [-0.15, -0.1) is 0 Å². The van der Waals surface area contributed by atoms with Crippen LogP contribution in [0.3, 0.4) is 0 Å². The molecule has 5 heteroatoms. The zero-order valence-electron chi connectivity index (χ0n) is 10.9. The minimum atomic E-state index is -2.17. The molecule has 0 aromatic carbocycles. The van der Waals surface area contributed by atoms with E-state index in [-0.39, 0.29) is 5.04 Å². The van der Waals surface area contributed by atoms with Crippen molar-refractivity contribution in [2.45, 2.75) is 56.9 Å². The van der Waals surface area contributed by atoms with E-state index in [0.717, 1.165) is 11.5 Å². The molecule has 0 saturated carbocycles. The lowest BCUT2D eigenvalue weighted by molar-refractivity contribution is -0.170. The van der Waals surface area contributed by atoms with Crippen molar-refractivity contribution in [3.8, 4) is 0 Å². The fourth-order valence-electron chi connectivity index (χ4n) is 2.54. The maximum absolute atomic E-state index is 11.7. The molecule has 4 nitrogen and oxygen atoms in total. The highest BCUT2D eigenvalue weighted by Crippen LogP contribution is 2.48. The van der Waals surface area contributed by atoms with Gasteiger partial charge in [0.1, 0.15) is 5.16 Å². The van der Waals surface area contributed by atoms with Crippen LogP contribution in [-0.4, -0.2) is 41.1 Å². The Morgan fingerprint density at radius 2 is 1.88 bits per heavy atom. The molecule has 0 unspecified atom stereocenters. The van der Waals surface area contributed by atoms with Crippen LogP contribution in [-0.2, 0) is 4.79 Å². The first-order valence-corrected chi connectivity index (χ1v) is 8.77. The van der Waals surface area contributed by atoms with Gasteiger partial charge < -0.3 is 10.3 Å². The molecular weight excluding hydrogens is 222 g/mol. The Morgan fingerprint density at radius 1 is 1.38 bits per heavy atom. The zero-order valence-corrected chi connectivity index (χ0v) is 11.9. The van der Waals surface area contributed by atoms with Gasteiger partial charge in [-0.3, -0.25) is 4.79 Å². The Balaban J connectivity index is 3.28. The van der Waals surface area contributed by atoms with Gasteiger partial charge in [0, 0.05) is 6.54 Å². The van der Waals surface area contributed by atoms with Gasteiger partial charge in [0.25, 0.3) is 0 Å².